The fourth-order valence-electron chi connectivity index (χ4n) is 2.15. The number of hydrogen-bond donors (Lipinski definition) is 0. The van der Waals surface area contributed by atoms with Gasteiger partial charge in [-0.15, -0.1) is 0 Å². The maximum atomic E-state index is 11.8. The molecular weight excluding hydrogens is 200 g/mol. The standard InChI is InChI=1S/C14H26O2/c1-11(9-10-14(2,3)4)16-13(15)12-7-5-6-8-12/h11-12H,5-10H2,1-4H3/t11-/m1/s1. The number of carbonyl (C=O) groups excluding carboxylic acids is 1. The third kappa shape index (κ3) is 5.00. The SMILES string of the molecule is C[C@H](CCC(C)(C)C)OC(=O)C1CCCC1. The number of carbonyl (C=O) groups is 1. The molecule has 1 fully saturated rings. The van der Waals surface area contributed by atoms with Crippen molar-refractivity contribution < 1.29 is 9.53 Å². The molecule has 2 nitrogen and oxygen atoms in total. The van der Waals surface area contributed by atoms with Gasteiger partial charge in [-0.2, -0.15) is 0 Å². The highest BCUT2D eigenvalue weighted by molar-refractivity contribution is 5.72. The van der Waals surface area contributed by atoms with Gasteiger partial charge in [0.2, 0.25) is 0 Å². The molecule has 0 N–H and O–H groups in total. The Morgan fingerprint density at radius 2 is 1.88 bits per heavy atom. The van der Waals surface area contributed by atoms with Crippen LogP contribution in [0.5, 0.6) is 0 Å². The van der Waals surface area contributed by atoms with E-state index in [-0.39, 0.29) is 18.0 Å². The third-order valence-corrected chi connectivity index (χ3v) is 3.31. The molecule has 1 saturated carbocycles. The van der Waals surface area contributed by atoms with Crippen LogP contribution in [0.15, 0.2) is 0 Å². The average molecular weight is 226 g/mol. The van der Waals surface area contributed by atoms with E-state index < -0.39 is 0 Å². The molecule has 1 aliphatic rings. The molecule has 0 aromatic rings. The zero-order valence-electron chi connectivity index (χ0n) is 11.2. The zero-order chi connectivity index (χ0) is 12.2. The van der Waals surface area contributed by atoms with Gasteiger partial charge in [-0.05, 0) is 38.0 Å². The summed E-state index contributed by atoms with van der Waals surface area (Å²) in [7, 11) is 0. The molecule has 0 heterocycles. The second-order valence-corrected chi connectivity index (χ2v) is 6.33. The molecule has 0 radical (unpaired) electrons. The van der Waals surface area contributed by atoms with E-state index in [0.29, 0.717) is 5.41 Å². The highest BCUT2D eigenvalue weighted by Crippen LogP contribution is 2.27. The Morgan fingerprint density at radius 1 is 1.31 bits per heavy atom. The molecule has 94 valence electrons. The molecule has 0 aliphatic heterocycles. The van der Waals surface area contributed by atoms with Crippen LogP contribution < -0.4 is 0 Å². The molecule has 0 unspecified atom stereocenters. The van der Waals surface area contributed by atoms with Crippen molar-refractivity contribution in [2.24, 2.45) is 11.3 Å². The van der Waals surface area contributed by atoms with Gasteiger partial charge in [-0.25, -0.2) is 0 Å². The van der Waals surface area contributed by atoms with E-state index in [4.69, 9.17) is 4.74 Å². The van der Waals surface area contributed by atoms with Gasteiger partial charge >= 0.3 is 5.97 Å². The van der Waals surface area contributed by atoms with Crippen molar-refractivity contribution in [1.82, 2.24) is 0 Å². The van der Waals surface area contributed by atoms with Crippen molar-refractivity contribution in [2.75, 3.05) is 0 Å². The van der Waals surface area contributed by atoms with Crippen molar-refractivity contribution >= 4 is 5.97 Å². The first kappa shape index (κ1) is 13.5. The molecule has 1 aliphatic carbocycles. The van der Waals surface area contributed by atoms with Gasteiger partial charge in [-0.1, -0.05) is 33.6 Å². The molecule has 1 atom stereocenters. The predicted octanol–water partition coefficient (Wildman–Crippen LogP) is 3.93. The van der Waals surface area contributed by atoms with E-state index in [1.165, 1.54) is 12.8 Å². The first-order chi connectivity index (χ1) is 7.38. The van der Waals surface area contributed by atoms with E-state index in [1.54, 1.807) is 0 Å². The second-order valence-electron chi connectivity index (χ2n) is 6.33. The maximum Gasteiger partial charge on any atom is 0.309 e. The summed E-state index contributed by atoms with van der Waals surface area (Å²) in [6.45, 7) is 8.67. The van der Waals surface area contributed by atoms with Crippen molar-refractivity contribution in [3.63, 3.8) is 0 Å². The van der Waals surface area contributed by atoms with Crippen molar-refractivity contribution in [2.45, 2.75) is 72.3 Å². The Hall–Kier alpha value is -0.530. The Bertz CT molecular complexity index is 221. The molecule has 0 aromatic carbocycles. The lowest BCUT2D eigenvalue weighted by molar-refractivity contribution is -0.153. The molecule has 2 heteroatoms. The van der Waals surface area contributed by atoms with Crippen molar-refractivity contribution in [1.29, 1.82) is 0 Å². The quantitative estimate of drug-likeness (QED) is 0.679. The summed E-state index contributed by atoms with van der Waals surface area (Å²) in [6.07, 6.45) is 6.60. The van der Waals surface area contributed by atoms with E-state index >= 15 is 0 Å². The topological polar surface area (TPSA) is 26.3 Å². The minimum atomic E-state index is 0.0407. The Morgan fingerprint density at radius 3 is 2.38 bits per heavy atom. The van der Waals surface area contributed by atoms with Crippen LogP contribution in [-0.4, -0.2) is 12.1 Å². The summed E-state index contributed by atoms with van der Waals surface area (Å²) in [5, 5.41) is 0. The number of ether oxygens (including phenoxy) is 1. The zero-order valence-corrected chi connectivity index (χ0v) is 11.2. The third-order valence-electron chi connectivity index (χ3n) is 3.31. The van der Waals surface area contributed by atoms with Gasteiger partial charge in [0, 0.05) is 0 Å². The fraction of sp³-hybridized carbons (Fsp3) is 0.929. The molecule has 0 saturated heterocycles. The number of hydrogen-bond acceptors (Lipinski definition) is 2. The normalized spacial score (nSPS) is 19.8. The van der Waals surface area contributed by atoms with Crippen LogP contribution in [0.1, 0.15) is 66.2 Å². The fourth-order valence-corrected chi connectivity index (χ4v) is 2.15. The number of esters is 1. The van der Waals surface area contributed by atoms with Crippen LogP contribution in [0.25, 0.3) is 0 Å². The summed E-state index contributed by atoms with van der Waals surface area (Å²) in [5.41, 5.74) is 0.327. The van der Waals surface area contributed by atoms with Gasteiger partial charge in [0.1, 0.15) is 0 Å². The van der Waals surface area contributed by atoms with E-state index in [2.05, 4.69) is 20.8 Å². The van der Waals surface area contributed by atoms with Gasteiger partial charge < -0.3 is 4.74 Å². The summed E-state index contributed by atoms with van der Waals surface area (Å²) in [6, 6.07) is 0. The molecule has 0 amide bonds. The van der Waals surface area contributed by atoms with Crippen LogP contribution in [-0.2, 0) is 9.53 Å². The first-order valence-electron chi connectivity index (χ1n) is 6.59. The largest absolute Gasteiger partial charge is 0.462 e. The summed E-state index contributed by atoms with van der Waals surface area (Å²) in [4.78, 5) is 11.8. The molecule has 1 rings (SSSR count). The second kappa shape index (κ2) is 5.70. The summed E-state index contributed by atoms with van der Waals surface area (Å²) in [5.74, 6) is 0.232. The van der Waals surface area contributed by atoms with Crippen molar-refractivity contribution in [3.8, 4) is 0 Å². The van der Waals surface area contributed by atoms with Crippen LogP contribution in [0.3, 0.4) is 0 Å². The highest BCUT2D eigenvalue weighted by Gasteiger charge is 2.25. The Balaban J connectivity index is 2.22. The smallest absolute Gasteiger partial charge is 0.309 e. The van der Waals surface area contributed by atoms with Crippen molar-refractivity contribution in [3.05, 3.63) is 0 Å². The predicted molar refractivity (Wildman–Crippen MR) is 66.2 cm³/mol. The van der Waals surface area contributed by atoms with Gasteiger partial charge in [0.25, 0.3) is 0 Å². The summed E-state index contributed by atoms with van der Waals surface area (Å²) >= 11 is 0. The monoisotopic (exact) mass is 226 g/mol. The summed E-state index contributed by atoms with van der Waals surface area (Å²) < 4.78 is 5.49. The van der Waals surface area contributed by atoms with Crippen LogP contribution in [0, 0.1) is 11.3 Å². The molecular formula is C14H26O2. The Kier molecular flexibility index (Phi) is 4.82. The average Bonchev–Trinajstić information content (AvgIpc) is 2.66. The van der Waals surface area contributed by atoms with E-state index in [0.717, 1.165) is 25.7 Å². The van der Waals surface area contributed by atoms with Crippen LogP contribution in [0.2, 0.25) is 0 Å². The van der Waals surface area contributed by atoms with E-state index in [1.807, 2.05) is 6.92 Å². The molecule has 0 spiro atoms. The van der Waals surface area contributed by atoms with Crippen LogP contribution in [0.4, 0.5) is 0 Å². The van der Waals surface area contributed by atoms with Gasteiger partial charge in [-0.3, -0.25) is 4.79 Å². The molecule has 0 aromatic heterocycles. The first-order valence-corrected chi connectivity index (χ1v) is 6.59. The Labute approximate surface area is 99.8 Å². The van der Waals surface area contributed by atoms with Gasteiger partial charge in [0.15, 0.2) is 0 Å². The van der Waals surface area contributed by atoms with Gasteiger partial charge in [0.05, 0.1) is 12.0 Å². The highest BCUT2D eigenvalue weighted by atomic mass is 16.5. The molecule has 0 bridgehead atoms. The lowest BCUT2D eigenvalue weighted by Crippen LogP contribution is -2.22. The minimum absolute atomic E-state index is 0.0407. The lowest BCUT2D eigenvalue weighted by Gasteiger charge is -2.22. The maximum absolute atomic E-state index is 11.8. The minimum Gasteiger partial charge on any atom is -0.462 e. The van der Waals surface area contributed by atoms with E-state index in [9.17, 15) is 4.79 Å². The molecule has 16 heavy (non-hydrogen) atoms. The lowest BCUT2D eigenvalue weighted by atomic mass is 9.89. The van der Waals surface area contributed by atoms with Crippen LogP contribution >= 0.6 is 0 Å². The number of rotatable bonds is 4.